The zero-order valence-corrected chi connectivity index (χ0v) is 22.2. The van der Waals surface area contributed by atoms with Crippen LogP contribution >= 0.6 is 11.6 Å². The van der Waals surface area contributed by atoms with Crippen molar-refractivity contribution in [2.75, 3.05) is 20.2 Å². The summed E-state index contributed by atoms with van der Waals surface area (Å²) in [5, 5.41) is 1.11. The molecule has 0 spiro atoms. The molecule has 0 bridgehead atoms. The highest BCUT2D eigenvalue weighted by molar-refractivity contribution is 6.30. The molecule has 0 radical (unpaired) electrons. The van der Waals surface area contributed by atoms with Gasteiger partial charge in [0.1, 0.15) is 23.1 Å². The molecule has 1 aliphatic rings. The lowest BCUT2D eigenvalue weighted by molar-refractivity contribution is 0.130. The summed E-state index contributed by atoms with van der Waals surface area (Å²) in [4.78, 5) is 21.5. The number of halogens is 1. The molecular weight excluding hydrogens is 486 g/mol. The SMILES string of the molecule is COc1ccccc1-c1nc2ccc(Oc3cccc(Cl)c3)cc2c(=O)n1CC1CCCN(C(C)C)C1. The lowest BCUT2D eigenvalue weighted by atomic mass is 9.96. The maximum absolute atomic E-state index is 14.1. The largest absolute Gasteiger partial charge is 0.496 e. The Kier molecular flexibility index (Phi) is 7.49. The van der Waals surface area contributed by atoms with Crippen LogP contribution < -0.4 is 15.0 Å². The summed E-state index contributed by atoms with van der Waals surface area (Å²) >= 11 is 6.12. The molecule has 4 aromatic rings. The zero-order chi connectivity index (χ0) is 25.9. The minimum Gasteiger partial charge on any atom is -0.496 e. The second-order valence-electron chi connectivity index (χ2n) is 9.89. The molecule has 0 N–H and O–H groups in total. The van der Waals surface area contributed by atoms with E-state index in [0.29, 0.717) is 57.5 Å². The van der Waals surface area contributed by atoms with E-state index in [1.165, 1.54) is 0 Å². The number of ether oxygens (including phenoxy) is 2. The van der Waals surface area contributed by atoms with E-state index < -0.39 is 0 Å². The van der Waals surface area contributed by atoms with Crippen LogP contribution in [0.2, 0.25) is 5.02 Å². The van der Waals surface area contributed by atoms with Crippen LogP contribution in [-0.4, -0.2) is 40.7 Å². The van der Waals surface area contributed by atoms with Crippen LogP contribution in [0, 0.1) is 5.92 Å². The van der Waals surface area contributed by atoms with Crippen molar-refractivity contribution in [3.05, 3.63) is 82.1 Å². The Morgan fingerprint density at radius 3 is 2.65 bits per heavy atom. The van der Waals surface area contributed by atoms with E-state index in [2.05, 4.69) is 18.7 Å². The third kappa shape index (κ3) is 5.50. The molecule has 7 heteroatoms. The van der Waals surface area contributed by atoms with Gasteiger partial charge in [-0.1, -0.05) is 29.8 Å². The van der Waals surface area contributed by atoms with E-state index in [-0.39, 0.29) is 5.56 Å². The van der Waals surface area contributed by atoms with Gasteiger partial charge in [-0.2, -0.15) is 0 Å². The Balaban J connectivity index is 1.60. The Labute approximate surface area is 222 Å². The van der Waals surface area contributed by atoms with Crippen molar-refractivity contribution >= 4 is 22.5 Å². The molecule has 1 aliphatic heterocycles. The second-order valence-corrected chi connectivity index (χ2v) is 10.3. The summed E-state index contributed by atoms with van der Waals surface area (Å²) in [6.45, 7) is 7.12. The van der Waals surface area contributed by atoms with Crippen molar-refractivity contribution in [3.63, 3.8) is 0 Å². The average Bonchev–Trinajstić information content (AvgIpc) is 2.90. The van der Waals surface area contributed by atoms with Gasteiger partial charge in [0.25, 0.3) is 5.56 Å². The second kappa shape index (κ2) is 11.0. The smallest absolute Gasteiger partial charge is 0.261 e. The van der Waals surface area contributed by atoms with Gasteiger partial charge in [-0.15, -0.1) is 0 Å². The zero-order valence-electron chi connectivity index (χ0n) is 21.5. The molecule has 0 aliphatic carbocycles. The first-order valence-corrected chi connectivity index (χ1v) is 13.2. The lowest BCUT2D eigenvalue weighted by Gasteiger charge is -2.36. The minimum atomic E-state index is -0.0795. The first kappa shape index (κ1) is 25.3. The average molecular weight is 518 g/mol. The highest BCUT2D eigenvalue weighted by Gasteiger charge is 2.25. The fraction of sp³-hybridized carbons (Fsp3) is 0.333. The van der Waals surface area contributed by atoms with Crippen molar-refractivity contribution in [3.8, 4) is 28.6 Å². The number of benzene rings is 3. The molecule has 1 aromatic heterocycles. The molecule has 0 amide bonds. The summed E-state index contributed by atoms with van der Waals surface area (Å²) in [5.74, 6) is 2.85. The molecule has 2 heterocycles. The Bertz CT molecular complexity index is 1470. The normalized spacial score (nSPS) is 16.3. The summed E-state index contributed by atoms with van der Waals surface area (Å²) < 4.78 is 13.5. The summed E-state index contributed by atoms with van der Waals surface area (Å²) in [6.07, 6.45) is 2.21. The maximum Gasteiger partial charge on any atom is 0.261 e. The molecule has 1 unspecified atom stereocenters. The lowest BCUT2D eigenvalue weighted by Crippen LogP contribution is -2.42. The number of para-hydroxylation sites is 1. The number of rotatable bonds is 7. The van der Waals surface area contributed by atoms with Crippen LogP contribution in [0.25, 0.3) is 22.3 Å². The van der Waals surface area contributed by atoms with Crippen LogP contribution in [0.1, 0.15) is 26.7 Å². The van der Waals surface area contributed by atoms with Gasteiger partial charge in [0.05, 0.1) is 23.6 Å². The quantitative estimate of drug-likeness (QED) is 0.275. The number of methoxy groups -OCH3 is 1. The number of fused-ring (bicyclic) bond motifs is 1. The van der Waals surface area contributed by atoms with Gasteiger partial charge in [-0.25, -0.2) is 4.98 Å². The van der Waals surface area contributed by atoms with Crippen molar-refractivity contribution < 1.29 is 9.47 Å². The molecule has 3 aromatic carbocycles. The Morgan fingerprint density at radius 2 is 1.86 bits per heavy atom. The molecule has 0 saturated carbocycles. The third-order valence-electron chi connectivity index (χ3n) is 7.03. The van der Waals surface area contributed by atoms with Crippen molar-refractivity contribution in [1.82, 2.24) is 14.5 Å². The van der Waals surface area contributed by atoms with E-state index in [4.69, 9.17) is 26.1 Å². The van der Waals surface area contributed by atoms with Crippen LogP contribution in [0.15, 0.2) is 71.5 Å². The molecule has 1 saturated heterocycles. The molecule has 5 rings (SSSR count). The minimum absolute atomic E-state index is 0.0795. The number of likely N-dealkylation sites (tertiary alicyclic amines) is 1. The molecule has 1 fully saturated rings. The van der Waals surface area contributed by atoms with Gasteiger partial charge >= 0.3 is 0 Å². The molecule has 37 heavy (non-hydrogen) atoms. The topological polar surface area (TPSA) is 56.6 Å². The first-order valence-electron chi connectivity index (χ1n) is 12.8. The Morgan fingerprint density at radius 1 is 1.05 bits per heavy atom. The van der Waals surface area contributed by atoms with Crippen molar-refractivity contribution in [2.24, 2.45) is 5.92 Å². The number of hydrogen-bond acceptors (Lipinski definition) is 5. The molecule has 192 valence electrons. The molecule has 6 nitrogen and oxygen atoms in total. The Hall–Kier alpha value is -3.35. The first-order chi connectivity index (χ1) is 17.9. The van der Waals surface area contributed by atoms with E-state index in [0.717, 1.165) is 31.5 Å². The summed E-state index contributed by atoms with van der Waals surface area (Å²) in [6, 6.07) is 20.9. The summed E-state index contributed by atoms with van der Waals surface area (Å²) in [5.41, 5.74) is 1.34. The van der Waals surface area contributed by atoms with Crippen LogP contribution in [0.3, 0.4) is 0 Å². The van der Waals surface area contributed by atoms with E-state index in [1.54, 1.807) is 25.3 Å². The predicted molar refractivity (Wildman–Crippen MR) is 149 cm³/mol. The van der Waals surface area contributed by atoms with Gasteiger partial charge in [0, 0.05) is 24.2 Å². The van der Waals surface area contributed by atoms with Gasteiger partial charge in [-0.3, -0.25) is 9.36 Å². The van der Waals surface area contributed by atoms with E-state index in [9.17, 15) is 4.79 Å². The van der Waals surface area contributed by atoms with Crippen molar-refractivity contribution in [2.45, 2.75) is 39.3 Å². The standard InChI is InChI=1S/C30H32ClN3O3/c1-20(2)33-15-7-8-21(18-33)19-34-29(25-11-4-5-12-28(25)36-3)32-27-14-13-24(17-26(27)30(34)35)37-23-10-6-9-22(31)16-23/h4-6,9-14,16-17,20-21H,7-8,15,18-19H2,1-3H3. The van der Waals surface area contributed by atoms with Crippen LogP contribution in [0.4, 0.5) is 0 Å². The number of nitrogens with zero attached hydrogens (tertiary/aromatic N) is 3. The number of aromatic nitrogens is 2. The van der Waals surface area contributed by atoms with Crippen LogP contribution in [0.5, 0.6) is 17.2 Å². The highest BCUT2D eigenvalue weighted by Crippen LogP contribution is 2.31. The van der Waals surface area contributed by atoms with Gasteiger partial charge in [-0.05, 0) is 87.7 Å². The van der Waals surface area contributed by atoms with Gasteiger partial charge < -0.3 is 14.4 Å². The predicted octanol–water partition coefficient (Wildman–Crippen LogP) is 6.64. The highest BCUT2D eigenvalue weighted by atomic mass is 35.5. The summed E-state index contributed by atoms with van der Waals surface area (Å²) in [7, 11) is 1.64. The van der Waals surface area contributed by atoms with Crippen molar-refractivity contribution in [1.29, 1.82) is 0 Å². The van der Waals surface area contributed by atoms with Crippen LogP contribution in [-0.2, 0) is 6.54 Å². The number of hydrogen-bond donors (Lipinski definition) is 0. The van der Waals surface area contributed by atoms with E-state index in [1.807, 2.05) is 53.1 Å². The van der Waals surface area contributed by atoms with Gasteiger partial charge in [0.15, 0.2) is 0 Å². The molecular formula is C30H32ClN3O3. The number of piperidine rings is 1. The van der Waals surface area contributed by atoms with Gasteiger partial charge in [0.2, 0.25) is 0 Å². The fourth-order valence-corrected chi connectivity index (χ4v) is 5.29. The van der Waals surface area contributed by atoms with E-state index >= 15 is 0 Å². The molecule has 1 atom stereocenters. The maximum atomic E-state index is 14.1. The monoisotopic (exact) mass is 517 g/mol. The third-order valence-corrected chi connectivity index (χ3v) is 7.26. The fourth-order valence-electron chi connectivity index (χ4n) is 5.11.